The third-order valence-corrected chi connectivity index (χ3v) is 5.06. The Kier molecular flexibility index (Phi) is 4.48. The van der Waals surface area contributed by atoms with Crippen LogP contribution in [0.15, 0.2) is 23.6 Å². The third kappa shape index (κ3) is 3.35. The molecule has 0 spiro atoms. The molecule has 1 saturated heterocycles. The molecule has 0 aliphatic carbocycles. The smallest absolute Gasteiger partial charge is 0.306 e. The molecule has 2 aromatic rings. The van der Waals surface area contributed by atoms with Gasteiger partial charge in [0, 0.05) is 24.0 Å². The molecule has 0 radical (unpaired) electrons. The standard InChI is InChI=1S/C17H16N2O6S/c20-15(21)6-11-7-19(3-4-23-11)17(22)12-8-26-16(18-12)10-1-2-13-14(5-10)25-9-24-13/h1-2,5,8,11H,3-4,6-7,9H2,(H,20,21). The lowest BCUT2D eigenvalue weighted by Gasteiger charge is -2.31. The van der Waals surface area contributed by atoms with E-state index in [9.17, 15) is 9.59 Å². The number of carbonyl (C=O) groups is 2. The highest BCUT2D eigenvalue weighted by Crippen LogP contribution is 2.36. The molecule has 9 heteroatoms. The second-order valence-electron chi connectivity index (χ2n) is 5.95. The number of nitrogens with zero attached hydrogens (tertiary/aromatic N) is 2. The largest absolute Gasteiger partial charge is 0.481 e. The summed E-state index contributed by atoms with van der Waals surface area (Å²) in [4.78, 5) is 29.6. The van der Waals surface area contributed by atoms with Gasteiger partial charge in [-0.05, 0) is 18.2 Å². The molecule has 1 N–H and O–H groups in total. The van der Waals surface area contributed by atoms with E-state index in [1.807, 2.05) is 18.2 Å². The van der Waals surface area contributed by atoms with Gasteiger partial charge in [-0.1, -0.05) is 0 Å². The Bertz CT molecular complexity index is 852. The monoisotopic (exact) mass is 376 g/mol. The SMILES string of the molecule is O=C(O)CC1CN(C(=O)c2csc(-c3ccc4c(c3)OCO4)n2)CCO1. The van der Waals surface area contributed by atoms with E-state index in [0.29, 0.717) is 35.4 Å². The first-order chi connectivity index (χ1) is 12.6. The first-order valence-electron chi connectivity index (χ1n) is 8.08. The maximum atomic E-state index is 12.7. The van der Waals surface area contributed by atoms with Gasteiger partial charge in [-0.2, -0.15) is 0 Å². The normalized spacial score (nSPS) is 18.8. The van der Waals surface area contributed by atoms with Gasteiger partial charge in [0.25, 0.3) is 5.91 Å². The molecule has 0 bridgehead atoms. The van der Waals surface area contributed by atoms with Crippen LogP contribution >= 0.6 is 11.3 Å². The van der Waals surface area contributed by atoms with Gasteiger partial charge in [0.05, 0.1) is 19.1 Å². The minimum absolute atomic E-state index is 0.122. The summed E-state index contributed by atoms with van der Waals surface area (Å²) < 4.78 is 16.1. The summed E-state index contributed by atoms with van der Waals surface area (Å²) in [5, 5.41) is 11.3. The van der Waals surface area contributed by atoms with Crippen LogP contribution in [0.4, 0.5) is 0 Å². The lowest BCUT2D eigenvalue weighted by Crippen LogP contribution is -2.46. The predicted molar refractivity (Wildman–Crippen MR) is 91.6 cm³/mol. The molecule has 1 aromatic carbocycles. The molecular formula is C17H16N2O6S. The number of ether oxygens (including phenoxy) is 3. The molecule has 8 nitrogen and oxygen atoms in total. The zero-order valence-corrected chi connectivity index (χ0v) is 14.5. The quantitative estimate of drug-likeness (QED) is 0.869. The van der Waals surface area contributed by atoms with Crippen LogP contribution in [0.25, 0.3) is 10.6 Å². The number of fused-ring (bicyclic) bond motifs is 1. The van der Waals surface area contributed by atoms with Crippen molar-refractivity contribution >= 4 is 23.2 Å². The molecule has 4 rings (SSSR count). The van der Waals surface area contributed by atoms with Gasteiger partial charge >= 0.3 is 5.97 Å². The van der Waals surface area contributed by atoms with Gasteiger partial charge in [-0.25, -0.2) is 4.98 Å². The van der Waals surface area contributed by atoms with Crippen molar-refractivity contribution in [2.75, 3.05) is 26.5 Å². The number of carbonyl (C=O) groups excluding carboxylic acids is 1. The van der Waals surface area contributed by atoms with Crippen molar-refractivity contribution in [3.8, 4) is 22.1 Å². The Morgan fingerprint density at radius 1 is 1.31 bits per heavy atom. The Labute approximate surface area is 152 Å². The van der Waals surface area contributed by atoms with Crippen LogP contribution in [0.3, 0.4) is 0 Å². The summed E-state index contributed by atoms with van der Waals surface area (Å²) in [7, 11) is 0. The van der Waals surface area contributed by atoms with E-state index in [2.05, 4.69) is 4.98 Å². The van der Waals surface area contributed by atoms with Crippen molar-refractivity contribution in [1.29, 1.82) is 0 Å². The van der Waals surface area contributed by atoms with Crippen LogP contribution in [0, 0.1) is 0 Å². The number of thiazole rings is 1. The molecule has 2 aliphatic heterocycles. The third-order valence-electron chi connectivity index (χ3n) is 4.17. The van der Waals surface area contributed by atoms with E-state index in [1.165, 1.54) is 11.3 Å². The molecule has 1 aromatic heterocycles. The van der Waals surface area contributed by atoms with E-state index >= 15 is 0 Å². The minimum atomic E-state index is -0.942. The van der Waals surface area contributed by atoms with Crippen LogP contribution in [-0.4, -0.2) is 59.5 Å². The highest BCUT2D eigenvalue weighted by atomic mass is 32.1. The fourth-order valence-electron chi connectivity index (χ4n) is 2.92. The summed E-state index contributed by atoms with van der Waals surface area (Å²) in [6.45, 7) is 1.20. The van der Waals surface area contributed by atoms with Crippen molar-refractivity contribution in [2.24, 2.45) is 0 Å². The van der Waals surface area contributed by atoms with Gasteiger partial charge in [0.15, 0.2) is 11.5 Å². The molecule has 1 amide bonds. The number of amides is 1. The van der Waals surface area contributed by atoms with Gasteiger partial charge in [0.1, 0.15) is 10.7 Å². The molecule has 1 unspecified atom stereocenters. The van der Waals surface area contributed by atoms with Gasteiger partial charge in [-0.15, -0.1) is 11.3 Å². The van der Waals surface area contributed by atoms with E-state index in [-0.39, 0.29) is 25.7 Å². The fraction of sp³-hybridized carbons (Fsp3) is 0.353. The number of hydrogen-bond acceptors (Lipinski definition) is 7. The summed E-state index contributed by atoms with van der Waals surface area (Å²) in [6, 6.07) is 5.53. The fourth-order valence-corrected chi connectivity index (χ4v) is 3.71. The number of aliphatic carboxylic acids is 1. The second kappa shape index (κ2) is 6.93. The Morgan fingerprint density at radius 3 is 3.00 bits per heavy atom. The Balaban J connectivity index is 1.49. The second-order valence-corrected chi connectivity index (χ2v) is 6.81. The molecule has 136 valence electrons. The van der Waals surface area contributed by atoms with Crippen molar-refractivity contribution in [3.63, 3.8) is 0 Å². The number of benzene rings is 1. The van der Waals surface area contributed by atoms with E-state index in [0.717, 1.165) is 5.56 Å². The van der Waals surface area contributed by atoms with Crippen LogP contribution in [0.1, 0.15) is 16.9 Å². The molecule has 0 saturated carbocycles. The van der Waals surface area contributed by atoms with Gasteiger partial charge in [0.2, 0.25) is 6.79 Å². The van der Waals surface area contributed by atoms with E-state index in [4.69, 9.17) is 19.3 Å². The lowest BCUT2D eigenvalue weighted by molar-refractivity contribution is -0.141. The number of morpholine rings is 1. The number of carboxylic acids is 1. The Morgan fingerprint density at radius 2 is 2.15 bits per heavy atom. The lowest BCUT2D eigenvalue weighted by atomic mass is 10.2. The zero-order chi connectivity index (χ0) is 18.1. The molecule has 2 aliphatic rings. The van der Waals surface area contributed by atoms with Crippen LogP contribution in [0.5, 0.6) is 11.5 Å². The van der Waals surface area contributed by atoms with Crippen LogP contribution in [0.2, 0.25) is 0 Å². The maximum absolute atomic E-state index is 12.7. The number of hydrogen-bond donors (Lipinski definition) is 1. The summed E-state index contributed by atoms with van der Waals surface area (Å²) in [6.07, 6.45) is -0.610. The molecular weight excluding hydrogens is 360 g/mol. The average Bonchev–Trinajstić information content (AvgIpc) is 3.29. The maximum Gasteiger partial charge on any atom is 0.306 e. The summed E-state index contributed by atoms with van der Waals surface area (Å²) in [5.41, 5.74) is 1.20. The summed E-state index contributed by atoms with van der Waals surface area (Å²) >= 11 is 1.37. The topological polar surface area (TPSA) is 98.2 Å². The van der Waals surface area contributed by atoms with Crippen molar-refractivity contribution in [2.45, 2.75) is 12.5 Å². The zero-order valence-electron chi connectivity index (χ0n) is 13.7. The van der Waals surface area contributed by atoms with Crippen LogP contribution in [-0.2, 0) is 9.53 Å². The van der Waals surface area contributed by atoms with E-state index < -0.39 is 12.1 Å². The minimum Gasteiger partial charge on any atom is -0.481 e. The molecule has 3 heterocycles. The molecule has 1 atom stereocenters. The summed E-state index contributed by atoms with van der Waals surface area (Å²) in [5.74, 6) is 0.199. The predicted octanol–water partition coefficient (Wildman–Crippen LogP) is 1.85. The number of aromatic nitrogens is 1. The number of rotatable bonds is 4. The molecule has 26 heavy (non-hydrogen) atoms. The first kappa shape index (κ1) is 16.8. The highest BCUT2D eigenvalue weighted by molar-refractivity contribution is 7.13. The highest BCUT2D eigenvalue weighted by Gasteiger charge is 2.28. The van der Waals surface area contributed by atoms with E-state index in [1.54, 1.807) is 10.3 Å². The van der Waals surface area contributed by atoms with Crippen molar-refractivity contribution in [1.82, 2.24) is 9.88 Å². The Hall–Kier alpha value is -2.65. The molecule has 1 fully saturated rings. The number of carboxylic acid groups (broad SMARTS) is 1. The van der Waals surface area contributed by atoms with Gasteiger partial charge in [-0.3, -0.25) is 9.59 Å². The van der Waals surface area contributed by atoms with Crippen molar-refractivity contribution in [3.05, 3.63) is 29.3 Å². The van der Waals surface area contributed by atoms with Crippen LogP contribution < -0.4 is 9.47 Å². The van der Waals surface area contributed by atoms with Gasteiger partial charge < -0.3 is 24.2 Å². The first-order valence-corrected chi connectivity index (χ1v) is 8.96. The van der Waals surface area contributed by atoms with Crippen molar-refractivity contribution < 1.29 is 28.9 Å². The average molecular weight is 376 g/mol.